The van der Waals surface area contributed by atoms with Crippen LogP contribution in [0.4, 0.5) is 0 Å². The second-order valence-corrected chi connectivity index (χ2v) is 2.94. The van der Waals surface area contributed by atoms with Gasteiger partial charge < -0.3 is 15.2 Å². The van der Waals surface area contributed by atoms with E-state index in [4.69, 9.17) is 9.84 Å². The summed E-state index contributed by atoms with van der Waals surface area (Å²) in [6.07, 6.45) is 3.21. The summed E-state index contributed by atoms with van der Waals surface area (Å²) in [6, 6.07) is -0.460. The van der Waals surface area contributed by atoms with Gasteiger partial charge in [0.2, 0.25) is 0 Å². The smallest absolute Gasteiger partial charge is 0.320 e. The van der Waals surface area contributed by atoms with Gasteiger partial charge in [0.1, 0.15) is 6.04 Å². The first kappa shape index (κ1) is 13.1. The molecule has 0 saturated heterocycles. The van der Waals surface area contributed by atoms with Gasteiger partial charge in [0.25, 0.3) is 0 Å². The minimum atomic E-state index is -0.807. The lowest BCUT2D eigenvalue weighted by Gasteiger charge is -2.11. The predicted octanol–water partition coefficient (Wildman–Crippen LogP) is 1.03. The zero-order valence-corrected chi connectivity index (χ0v) is 8.66. The van der Waals surface area contributed by atoms with Crippen molar-refractivity contribution < 1.29 is 14.6 Å². The average Bonchev–Trinajstić information content (AvgIpc) is 2.16. The molecule has 0 radical (unpaired) electrons. The zero-order valence-electron chi connectivity index (χ0n) is 8.66. The van der Waals surface area contributed by atoms with Crippen LogP contribution in [0.2, 0.25) is 0 Å². The van der Waals surface area contributed by atoms with E-state index in [1.807, 2.05) is 6.92 Å². The molecule has 0 fully saturated rings. The van der Waals surface area contributed by atoms with E-state index in [2.05, 4.69) is 11.9 Å². The van der Waals surface area contributed by atoms with Crippen molar-refractivity contribution in [1.82, 2.24) is 5.32 Å². The maximum absolute atomic E-state index is 10.6. The highest BCUT2D eigenvalue weighted by Gasteiger charge is 2.12. The molecule has 2 N–H and O–H groups in total. The third-order valence-corrected chi connectivity index (χ3v) is 1.81. The monoisotopic (exact) mass is 201 g/mol. The Morgan fingerprint density at radius 3 is 2.86 bits per heavy atom. The maximum atomic E-state index is 10.6. The molecule has 0 heterocycles. The lowest BCUT2D eigenvalue weighted by molar-refractivity contribution is -0.139. The first-order valence-corrected chi connectivity index (χ1v) is 4.87. The molecule has 0 aromatic heterocycles. The molecule has 0 aliphatic carbocycles. The topological polar surface area (TPSA) is 58.6 Å². The summed E-state index contributed by atoms with van der Waals surface area (Å²) in [5.41, 5.74) is 0. The molecule has 0 saturated carbocycles. The Kier molecular flexibility index (Phi) is 8.17. The summed E-state index contributed by atoms with van der Waals surface area (Å²) < 4.78 is 5.22. The Bertz CT molecular complexity index is 171. The van der Waals surface area contributed by atoms with Gasteiger partial charge in [-0.2, -0.15) is 0 Å². The Morgan fingerprint density at radius 1 is 1.64 bits per heavy atom. The molecule has 1 unspecified atom stereocenters. The molecule has 1 atom stereocenters. The molecular formula is C10H19NO3. The molecule has 0 aliphatic heterocycles. The van der Waals surface area contributed by atoms with Gasteiger partial charge in [-0.3, -0.25) is 4.79 Å². The van der Waals surface area contributed by atoms with Crippen LogP contribution in [0.3, 0.4) is 0 Å². The number of carbonyl (C=O) groups is 1. The van der Waals surface area contributed by atoms with Gasteiger partial charge in [0.15, 0.2) is 0 Å². The number of nitrogens with one attached hydrogen (secondary N) is 1. The van der Waals surface area contributed by atoms with Gasteiger partial charge in [0, 0.05) is 6.54 Å². The minimum absolute atomic E-state index is 0.460. The normalized spacial score (nSPS) is 12.4. The van der Waals surface area contributed by atoms with Crippen LogP contribution in [-0.4, -0.2) is 36.9 Å². The maximum Gasteiger partial charge on any atom is 0.320 e. The summed E-state index contributed by atoms with van der Waals surface area (Å²) in [5.74, 6) is -0.807. The van der Waals surface area contributed by atoms with Gasteiger partial charge in [0.05, 0.1) is 13.2 Å². The van der Waals surface area contributed by atoms with Crippen molar-refractivity contribution in [3.05, 3.63) is 12.7 Å². The van der Waals surface area contributed by atoms with Gasteiger partial charge in [-0.25, -0.2) is 0 Å². The number of carboxylic acids is 1. The van der Waals surface area contributed by atoms with Crippen LogP contribution >= 0.6 is 0 Å². The van der Waals surface area contributed by atoms with E-state index in [0.717, 1.165) is 6.42 Å². The zero-order chi connectivity index (χ0) is 10.8. The number of hydrogen-bond donors (Lipinski definition) is 2. The van der Waals surface area contributed by atoms with E-state index in [1.54, 1.807) is 6.08 Å². The lowest BCUT2D eigenvalue weighted by Crippen LogP contribution is -2.37. The average molecular weight is 201 g/mol. The van der Waals surface area contributed by atoms with E-state index in [-0.39, 0.29) is 0 Å². The summed E-state index contributed by atoms with van der Waals surface area (Å²) >= 11 is 0. The molecule has 4 heteroatoms. The minimum Gasteiger partial charge on any atom is -0.480 e. The van der Waals surface area contributed by atoms with Crippen molar-refractivity contribution in [1.29, 1.82) is 0 Å². The molecule has 4 nitrogen and oxygen atoms in total. The van der Waals surface area contributed by atoms with Gasteiger partial charge in [-0.05, 0) is 12.8 Å². The summed E-state index contributed by atoms with van der Waals surface area (Å²) in [6.45, 7) is 7.17. The molecule has 0 bridgehead atoms. The fourth-order valence-electron chi connectivity index (χ4n) is 0.980. The van der Waals surface area contributed by atoms with Crippen molar-refractivity contribution in [2.45, 2.75) is 25.8 Å². The van der Waals surface area contributed by atoms with Crippen molar-refractivity contribution in [3.8, 4) is 0 Å². The van der Waals surface area contributed by atoms with Crippen molar-refractivity contribution in [3.63, 3.8) is 0 Å². The van der Waals surface area contributed by atoms with Crippen molar-refractivity contribution in [2.75, 3.05) is 19.8 Å². The van der Waals surface area contributed by atoms with E-state index in [1.165, 1.54) is 0 Å². The standard InChI is InChI=1S/C10H19NO3/c1-3-5-7-14-8-6-11-9(4-2)10(12)13/h3,9,11H,1,4-8H2,2H3,(H,12,13). The summed E-state index contributed by atoms with van der Waals surface area (Å²) in [5, 5.41) is 11.6. The highest BCUT2D eigenvalue weighted by atomic mass is 16.5. The van der Waals surface area contributed by atoms with Crippen LogP contribution in [0.15, 0.2) is 12.7 Å². The van der Waals surface area contributed by atoms with Gasteiger partial charge >= 0.3 is 5.97 Å². The molecule has 14 heavy (non-hydrogen) atoms. The quantitative estimate of drug-likeness (QED) is 0.432. The molecule has 0 aromatic carbocycles. The second-order valence-electron chi connectivity index (χ2n) is 2.94. The number of hydrogen-bond acceptors (Lipinski definition) is 3. The molecule has 0 aliphatic rings. The number of carboxylic acid groups (broad SMARTS) is 1. The van der Waals surface area contributed by atoms with E-state index >= 15 is 0 Å². The van der Waals surface area contributed by atoms with Crippen LogP contribution in [0.5, 0.6) is 0 Å². The molecule has 0 aromatic rings. The van der Waals surface area contributed by atoms with Crippen LogP contribution in [-0.2, 0) is 9.53 Å². The Balaban J connectivity index is 3.33. The third-order valence-electron chi connectivity index (χ3n) is 1.81. The fourth-order valence-corrected chi connectivity index (χ4v) is 0.980. The first-order chi connectivity index (χ1) is 6.72. The SMILES string of the molecule is C=CCCOCCNC(CC)C(=O)O. The predicted molar refractivity (Wildman–Crippen MR) is 55.4 cm³/mol. The summed E-state index contributed by atoms with van der Waals surface area (Å²) in [4.78, 5) is 10.6. The molecular weight excluding hydrogens is 182 g/mol. The first-order valence-electron chi connectivity index (χ1n) is 4.87. The molecule has 0 spiro atoms. The molecule has 82 valence electrons. The Hall–Kier alpha value is -0.870. The number of rotatable bonds is 9. The van der Waals surface area contributed by atoms with Crippen molar-refractivity contribution >= 4 is 5.97 Å². The third kappa shape index (κ3) is 6.62. The van der Waals surface area contributed by atoms with Crippen LogP contribution in [0.25, 0.3) is 0 Å². The van der Waals surface area contributed by atoms with Gasteiger partial charge in [-0.15, -0.1) is 6.58 Å². The van der Waals surface area contributed by atoms with E-state index in [9.17, 15) is 4.79 Å². The second kappa shape index (κ2) is 8.72. The van der Waals surface area contributed by atoms with E-state index in [0.29, 0.717) is 26.2 Å². The number of aliphatic carboxylic acids is 1. The summed E-state index contributed by atoms with van der Waals surface area (Å²) in [7, 11) is 0. The largest absolute Gasteiger partial charge is 0.480 e. The van der Waals surface area contributed by atoms with Gasteiger partial charge in [-0.1, -0.05) is 13.0 Å². The van der Waals surface area contributed by atoms with Crippen LogP contribution in [0.1, 0.15) is 19.8 Å². The van der Waals surface area contributed by atoms with E-state index < -0.39 is 12.0 Å². The van der Waals surface area contributed by atoms with Crippen molar-refractivity contribution in [2.24, 2.45) is 0 Å². The highest BCUT2D eigenvalue weighted by molar-refractivity contribution is 5.73. The van der Waals surface area contributed by atoms with Crippen LogP contribution < -0.4 is 5.32 Å². The number of ether oxygens (including phenoxy) is 1. The Labute approximate surface area is 85.0 Å². The highest BCUT2D eigenvalue weighted by Crippen LogP contribution is 1.90. The Morgan fingerprint density at radius 2 is 2.36 bits per heavy atom. The van der Waals surface area contributed by atoms with Crippen LogP contribution in [0, 0.1) is 0 Å². The molecule has 0 amide bonds. The lowest BCUT2D eigenvalue weighted by atomic mass is 10.2. The molecule has 0 rings (SSSR count). The fraction of sp³-hybridized carbons (Fsp3) is 0.700.